The first-order valence-electron chi connectivity index (χ1n) is 5.19. The van der Waals surface area contributed by atoms with Gasteiger partial charge in [0.2, 0.25) is 0 Å². The number of esters is 1. The molecule has 15 heavy (non-hydrogen) atoms. The van der Waals surface area contributed by atoms with Crippen LogP contribution in [0.3, 0.4) is 0 Å². The molecule has 0 aromatic rings. The van der Waals surface area contributed by atoms with E-state index in [9.17, 15) is 9.90 Å². The lowest BCUT2D eigenvalue weighted by Gasteiger charge is -2.09. The van der Waals surface area contributed by atoms with Crippen LogP contribution < -0.4 is 0 Å². The average Bonchev–Trinajstić information content (AvgIpc) is 2.28. The van der Waals surface area contributed by atoms with Crippen LogP contribution in [0.1, 0.15) is 34.1 Å². The minimum atomic E-state index is -0.770. The highest BCUT2D eigenvalue weighted by Gasteiger charge is 2.12. The first-order chi connectivity index (χ1) is 7.15. The molecule has 0 heterocycles. The van der Waals surface area contributed by atoms with Crippen LogP contribution in [0.4, 0.5) is 0 Å². The summed E-state index contributed by atoms with van der Waals surface area (Å²) in [5.41, 5.74) is 0.730. The molecule has 0 bridgehead atoms. The summed E-state index contributed by atoms with van der Waals surface area (Å²) in [6.07, 6.45) is 4.59. The molecular weight excluding hydrogens is 192 g/mol. The van der Waals surface area contributed by atoms with Crippen molar-refractivity contribution in [2.24, 2.45) is 0 Å². The van der Waals surface area contributed by atoms with E-state index in [4.69, 9.17) is 0 Å². The van der Waals surface area contributed by atoms with E-state index in [1.807, 2.05) is 33.8 Å². The molecule has 0 saturated heterocycles. The lowest BCUT2D eigenvalue weighted by molar-refractivity contribution is -0.142. The lowest BCUT2D eigenvalue weighted by Crippen LogP contribution is -2.16. The van der Waals surface area contributed by atoms with Crippen LogP contribution in [0.25, 0.3) is 0 Å². The maximum atomic E-state index is 10.8. The Morgan fingerprint density at radius 2 is 1.93 bits per heavy atom. The van der Waals surface area contributed by atoms with Crippen LogP contribution in [0.5, 0.6) is 0 Å². The standard InChI is InChI=1S/C10H16O3.C2H6/c1-4-6-8(5-2)9(11)7-10(12)13-3;1-2/h4-6,9,11H,7H2,1-3H3;1-2H3/b6-4-,8-5+;. The maximum Gasteiger partial charge on any atom is 0.308 e. The molecule has 3 heteroatoms. The van der Waals surface area contributed by atoms with Crippen molar-refractivity contribution in [3.05, 3.63) is 23.8 Å². The van der Waals surface area contributed by atoms with Crippen LogP contribution in [-0.2, 0) is 9.53 Å². The van der Waals surface area contributed by atoms with Crippen molar-refractivity contribution < 1.29 is 14.6 Å². The van der Waals surface area contributed by atoms with Gasteiger partial charge in [0.15, 0.2) is 0 Å². The van der Waals surface area contributed by atoms with Crippen molar-refractivity contribution in [1.82, 2.24) is 0 Å². The number of carbonyl (C=O) groups is 1. The molecule has 3 nitrogen and oxygen atoms in total. The first-order valence-corrected chi connectivity index (χ1v) is 5.19. The topological polar surface area (TPSA) is 46.5 Å². The van der Waals surface area contributed by atoms with E-state index in [0.717, 1.165) is 5.57 Å². The fourth-order valence-electron chi connectivity index (χ4n) is 0.951. The Hall–Kier alpha value is -1.09. The number of aliphatic hydroxyl groups excluding tert-OH is 1. The highest BCUT2D eigenvalue weighted by atomic mass is 16.5. The Morgan fingerprint density at radius 1 is 1.40 bits per heavy atom. The van der Waals surface area contributed by atoms with E-state index in [2.05, 4.69) is 4.74 Å². The van der Waals surface area contributed by atoms with Crippen molar-refractivity contribution in [3.63, 3.8) is 0 Å². The summed E-state index contributed by atoms with van der Waals surface area (Å²) in [6.45, 7) is 7.67. The summed E-state index contributed by atoms with van der Waals surface area (Å²) < 4.78 is 4.44. The molecule has 0 aliphatic heterocycles. The fourth-order valence-corrected chi connectivity index (χ4v) is 0.951. The minimum Gasteiger partial charge on any atom is -0.469 e. The average molecular weight is 214 g/mol. The number of carbonyl (C=O) groups excluding carboxylic acids is 1. The molecule has 0 aliphatic rings. The summed E-state index contributed by atoms with van der Waals surface area (Å²) in [7, 11) is 1.31. The third-order valence-electron chi connectivity index (χ3n) is 1.66. The van der Waals surface area contributed by atoms with E-state index >= 15 is 0 Å². The van der Waals surface area contributed by atoms with Gasteiger partial charge in [0.1, 0.15) is 0 Å². The SMILES string of the molecule is C/C=C\C(=C/C)C(O)CC(=O)OC.CC. The van der Waals surface area contributed by atoms with Gasteiger partial charge in [0.05, 0.1) is 19.6 Å². The molecule has 0 aliphatic carbocycles. The Labute approximate surface area is 92.4 Å². The van der Waals surface area contributed by atoms with E-state index in [1.165, 1.54) is 7.11 Å². The summed E-state index contributed by atoms with van der Waals surface area (Å²) in [5.74, 6) is -0.406. The zero-order chi connectivity index (χ0) is 12.3. The summed E-state index contributed by atoms with van der Waals surface area (Å²) in [5, 5.41) is 9.52. The number of hydrogen-bond acceptors (Lipinski definition) is 3. The van der Waals surface area contributed by atoms with Crippen LogP contribution >= 0.6 is 0 Å². The van der Waals surface area contributed by atoms with Crippen LogP contribution in [0, 0.1) is 0 Å². The molecule has 0 aromatic heterocycles. The van der Waals surface area contributed by atoms with Crippen LogP contribution in [0.15, 0.2) is 23.8 Å². The van der Waals surface area contributed by atoms with Gasteiger partial charge in [-0.1, -0.05) is 32.1 Å². The molecule has 0 saturated carbocycles. The van der Waals surface area contributed by atoms with Gasteiger partial charge in [-0.25, -0.2) is 0 Å². The summed E-state index contributed by atoms with van der Waals surface area (Å²) >= 11 is 0. The molecule has 0 spiro atoms. The largest absolute Gasteiger partial charge is 0.469 e. The van der Waals surface area contributed by atoms with Gasteiger partial charge >= 0.3 is 5.97 Å². The number of allylic oxidation sites excluding steroid dienone is 2. The Balaban J connectivity index is 0. The number of rotatable bonds is 4. The third-order valence-corrected chi connectivity index (χ3v) is 1.66. The minimum absolute atomic E-state index is 0.000509. The normalized spacial score (nSPS) is 13.1. The van der Waals surface area contributed by atoms with Crippen LogP contribution in [-0.4, -0.2) is 24.3 Å². The van der Waals surface area contributed by atoms with E-state index in [-0.39, 0.29) is 6.42 Å². The smallest absolute Gasteiger partial charge is 0.308 e. The lowest BCUT2D eigenvalue weighted by atomic mass is 10.1. The summed E-state index contributed by atoms with van der Waals surface area (Å²) in [4.78, 5) is 10.8. The monoisotopic (exact) mass is 214 g/mol. The van der Waals surface area contributed by atoms with Gasteiger partial charge in [-0.3, -0.25) is 4.79 Å². The van der Waals surface area contributed by atoms with Gasteiger partial charge in [-0.15, -0.1) is 0 Å². The van der Waals surface area contributed by atoms with Crippen molar-refractivity contribution >= 4 is 5.97 Å². The zero-order valence-corrected chi connectivity index (χ0v) is 10.3. The van der Waals surface area contributed by atoms with Gasteiger partial charge in [0, 0.05) is 0 Å². The molecule has 0 amide bonds. The van der Waals surface area contributed by atoms with Gasteiger partial charge < -0.3 is 9.84 Å². The molecule has 1 atom stereocenters. The first kappa shape index (κ1) is 16.3. The zero-order valence-electron chi connectivity index (χ0n) is 10.3. The molecule has 0 fully saturated rings. The molecule has 1 unspecified atom stereocenters. The highest BCUT2D eigenvalue weighted by Crippen LogP contribution is 2.08. The molecule has 0 rings (SSSR count). The number of aliphatic hydroxyl groups is 1. The number of ether oxygens (including phenoxy) is 1. The second kappa shape index (κ2) is 11.0. The molecule has 0 aromatic carbocycles. The molecule has 0 radical (unpaired) electrons. The highest BCUT2D eigenvalue weighted by molar-refractivity contribution is 5.70. The second-order valence-electron chi connectivity index (χ2n) is 2.58. The van der Waals surface area contributed by atoms with Crippen molar-refractivity contribution in [1.29, 1.82) is 0 Å². The predicted molar refractivity (Wildman–Crippen MR) is 62.6 cm³/mol. The molecular formula is C12H22O3. The maximum absolute atomic E-state index is 10.8. The van der Waals surface area contributed by atoms with E-state index in [1.54, 1.807) is 12.2 Å². The number of methoxy groups -OCH3 is 1. The van der Waals surface area contributed by atoms with Gasteiger partial charge in [0.25, 0.3) is 0 Å². The number of hydrogen-bond donors (Lipinski definition) is 1. The van der Waals surface area contributed by atoms with Gasteiger partial charge in [-0.2, -0.15) is 0 Å². The fraction of sp³-hybridized carbons (Fsp3) is 0.583. The van der Waals surface area contributed by atoms with Crippen molar-refractivity contribution in [2.75, 3.05) is 7.11 Å². The Kier molecular flexibility index (Phi) is 12.0. The van der Waals surface area contributed by atoms with Crippen LogP contribution in [0.2, 0.25) is 0 Å². The Morgan fingerprint density at radius 3 is 2.27 bits per heavy atom. The van der Waals surface area contributed by atoms with Crippen molar-refractivity contribution in [2.45, 2.75) is 40.2 Å². The molecule has 1 N–H and O–H groups in total. The Bertz CT molecular complexity index is 217. The molecule has 88 valence electrons. The second-order valence-corrected chi connectivity index (χ2v) is 2.58. The van der Waals surface area contributed by atoms with E-state index in [0.29, 0.717) is 0 Å². The quantitative estimate of drug-likeness (QED) is 0.577. The van der Waals surface area contributed by atoms with Gasteiger partial charge in [-0.05, 0) is 19.4 Å². The van der Waals surface area contributed by atoms with E-state index < -0.39 is 12.1 Å². The third kappa shape index (κ3) is 7.94. The summed E-state index contributed by atoms with van der Waals surface area (Å²) in [6, 6.07) is 0. The van der Waals surface area contributed by atoms with Crippen molar-refractivity contribution in [3.8, 4) is 0 Å². The predicted octanol–water partition coefficient (Wildman–Crippen LogP) is 2.46.